The van der Waals surface area contributed by atoms with Gasteiger partial charge in [-0.25, -0.2) is 0 Å². The van der Waals surface area contributed by atoms with E-state index in [1.54, 1.807) is 18.9 Å². The lowest BCUT2D eigenvalue weighted by Gasteiger charge is -2.07. The van der Waals surface area contributed by atoms with Crippen molar-refractivity contribution in [3.05, 3.63) is 41.5 Å². The molecule has 1 aliphatic rings. The summed E-state index contributed by atoms with van der Waals surface area (Å²) in [5.74, 6) is 0.916. The highest BCUT2D eigenvalue weighted by atomic mass is 32.2. The third-order valence-corrected chi connectivity index (χ3v) is 4.23. The fraction of sp³-hybridized carbons (Fsp3) is 0.200. The molecular weight excluding hydrogens is 242 g/mol. The number of thioether (sulfide) groups is 1. The van der Waals surface area contributed by atoms with Crippen molar-refractivity contribution in [2.75, 3.05) is 19.1 Å². The maximum atomic E-state index is 6.05. The number of ether oxygens (including phenoxy) is 1. The van der Waals surface area contributed by atoms with Crippen molar-refractivity contribution in [3.63, 3.8) is 0 Å². The van der Waals surface area contributed by atoms with Crippen LogP contribution in [0.3, 0.4) is 0 Å². The number of hydrogen-bond acceptors (Lipinski definition) is 3. The van der Waals surface area contributed by atoms with Crippen LogP contribution >= 0.6 is 11.8 Å². The lowest BCUT2D eigenvalue weighted by molar-refractivity contribution is 0.414. The fourth-order valence-corrected chi connectivity index (χ4v) is 3.06. The van der Waals surface area contributed by atoms with Crippen LogP contribution < -0.4 is 10.5 Å². The Balaban J connectivity index is 2.15. The summed E-state index contributed by atoms with van der Waals surface area (Å²) in [6, 6.07) is 10.6. The highest BCUT2D eigenvalue weighted by molar-refractivity contribution is 7.98. The molecule has 0 spiro atoms. The molecule has 1 aliphatic carbocycles. The second-order valence-electron chi connectivity index (χ2n) is 4.45. The van der Waals surface area contributed by atoms with Crippen LogP contribution in [0, 0.1) is 0 Å². The van der Waals surface area contributed by atoms with Gasteiger partial charge < -0.3 is 10.5 Å². The molecule has 0 fully saturated rings. The first kappa shape index (κ1) is 11.5. The summed E-state index contributed by atoms with van der Waals surface area (Å²) in [5, 5.41) is 0. The summed E-state index contributed by atoms with van der Waals surface area (Å²) >= 11 is 1.69. The molecule has 2 aromatic rings. The van der Waals surface area contributed by atoms with E-state index in [4.69, 9.17) is 10.5 Å². The largest absolute Gasteiger partial charge is 0.497 e. The zero-order valence-corrected chi connectivity index (χ0v) is 11.3. The van der Waals surface area contributed by atoms with Gasteiger partial charge in [0.2, 0.25) is 0 Å². The molecule has 3 rings (SSSR count). The summed E-state index contributed by atoms with van der Waals surface area (Å²) in [5.41, 5.74) is 12.2. The minimum Gasteiger partial charge on any atom is -0.497 e. The van der Waals surface area contributed by atoms with E-state index in [0.717, 1.165) is 22.8 Å². The number of methoxy groups -OCH3 is 1. The van der Waals surface area contributed by atoms with E-state index in [1.165, 1.54) is 22.3 Å². The van der Waals surface area contributed by atoms with Crippen molar-refractivity contribution in [1.29, 1.82) is 0 Å². The van der Waals surface area contributed by atoms with Crippen LogP contribution in [0.15, 0.2) is 35.2 Å². The lowest BCUT2D eigenvalue weighted by Crippen LogP contribution is -1.91. The smallest absolute Gasteiger partial charge is 0.119 e. The molecule has 2 N–H and O–H groups in total. The number of benzene rings is 2. The molecule has 0 radical (unpaired) electrons. The zero-order chi connectivity index (χ0) is 12.7. The van der Waals surface area contributed by atoms with E-state index in [9.17, 15) is 0 Å². The topological polar surface area (TPSA) is 35.2 Å². The molecule has 0 atom stereocenters. The Bertz CT molecular complexity index is 622. The van der Waals surface area contributed by atoms with Crippen LogP contribution in [-0.2, 0) is 6.42 Å². The predicted octanol–water partition coefficient (Wildman–Crippen LogP) is 3.57. The maximum Gasteiger partial charge on any atom is 0.119 e. The molecular formula is C15H15NOS. The molecule has 2 nitrogen and oxygen atoms in total. The van der Waals surface area contributed by atoms with Crippen molar-refractivity contribution >= 4 is 17.4 Å². The van der Waals surface area contributed by atoms with Gasteiger partial charge in [0.1, 0.15) is 5.75 Å². The highest BCUT2D eigenvalue weighted by Crippen LogP contribution is 2.41. The summed E-state index contributed by atoms with van der Waals surface area (Å²) in [6.45, 7) is 0. The number of fused-ring (bicyclic) bond motifs is 3. The van der Waals surface area contributed by atoms with Crippen LogP contribution in [0.25, 0.3) is 11.1 Å². The monoisotopic (exact) mass is 257 g/mol. The Labute approximate surface area is 111 Å². The third kappa shape index (κ3) is 1.66. The number of anilines is 1. The van der Waals surface area contributed by atoms with Gasteiger partial charge in [-0.3, -0.25) is 0 Å². The molecule has 2 aromatic carbocycles. The first-order valence-corrected chi connectivity index (χ1v) is 7.09. The van der Waals surface area contributed by atoms with Crippen LogP contribution in [0.2, 0.25) is 0 Å². The van der Waals surface area contributed by atoms with E-state index in [2.05, 4.69) is 30.5 Å². The fourth-order valence-electron chi connectivity index (χ4n) is 2.53. The standard InChI is InChI=1S/C15H15NOS/c1-17-11-3-4-12-9(6-11)5-10-7-14(16)15(18-2)8-13(10)12/h3-4,6-8H,5,16H2,1-2H3. The molecule has 18 heavy (non-hydrogen) atoms. The normalized spacial score (nSPS) is 12.1. The van der Waals surface area contributed by atoms with Gasteiger partial charge in [0.25, 0.3) is 0 Å². The molecule has 0 unspecified atom stereocenters. The van der Waals surface area contributed by atoms with Gasteiger partial charge in [-0.05, 0) is 59.2 Å². The summed E-state index contributed by atoms with van der Waals surface area (Å²) in [4.78, 5) is 1.15. The highest BCUT2D eigenvalue weighted by Gasteiger charge is 2.20. The Hall–Kier alpha value is -1.61. The minimum absolute atomic E-state index is 0.876. The minimum atomic E-state index is 0.876. The average Bonchev–Trinajstić information content (AvgIpc) is 2.73. The van der Waals surface area contributed by atoms with Gasteiger partial charge >= 0.3 is 0 Å². The second-order valence-corrected chi connectivity index (χ2v) is 5.30. The Morgan fingerprint density at radius 3 is 2.61 bits per heavy atom. The average molecular weight is 257 g/mol. The Kier molecular flexibility index (Phi) is 2.71. The van der Waals surface area contributed by atoms with E-state index in [0.29, 0.717) is 0 Å². The molecule has 0 aliphatic heterocycles. The van der Waals surface area contributed by atoms with Crippen molar-refractivity contribution in [2.45, 2.75) is 11.3 Å². The van der Waals surface area contributed by atoms with Crippen molar-refractivity contribution < 1.29 is 4.74 Å². The van der Waals surface area contributed by atoms with Crippen LogP contribution in [0.1, 0.15) is 11.1 Å². The van der Waals surface area contributed by atoms with Gasteiger partial charge in [0, 0.05) is 10.6 Å². The van der Waals surface area contributed by atoms with Gasteiger partial charge in [0.15, 0.2) is 0 Å². The number of rotatable bonds is 2. The number of hydrogen-bond donors (Lipinski definition) is 1. The Morgan fingerprint density at radius 2 is 1.89 bits per heavy atom. The summed E-state index contributed by atoms with van der Waals surface area (Å²) < 4.78 is 5.28. The van der Waals surface area contributed by atoms with Gasteiger partial charge in [-0.15, -0.1) is 11.8 Å². The zero-order valence-electron chi connectivity index (χ0n) is 10.5. The van der Waals surface area contributed by atoms with Gasteiger partial charge in [0.05, 0.1) is 7.11 Å². The van der Waals surface area contributed by atoms with E-state index >= 15 is 0 Å². The third-order valence-electron chi connectivity index (χ3n) is 3.44. The summed E-state index contributed by atoms with van der Waals surface area (Å²) in [7, 11) is 1.70. The number of nitrogen functional groups attached to an aromatic ring is 1. The molecule has 0 heterocycles. The van der Waals surface area contributed by atoms with Crippen molar-refractivity contribution in [1.82, 2.24) is 0 Å². The van der Waals surface area contributed by atoms with Crippen LogP contribution in [-0.4, -0.2) is 13.4 Å². The first-order chi connectivity index (χ1) is 8.72. The summed E-state index contributed by atoms with van der Waals surface area (Å²) in [6.07, 6.45) is 3.00. The first-order valence-electron chi connectivity index (χ1n) is 5.86. The van der Waals surface area contributed by atoms with E-state index < -0.39 is 0 Å². The molecule has 0 amide bonds. The molecule has 0 aromatic heterocycles. The lowest BCUT2D eigenvalue weighted by atomic mass is 10.1. The molecule has 3 heteroatoms. The van der Waals surface area contributed by atoms with Gasteiger partial charge in [-0.1, -0.05) is 6.07 Å². The molecule has 92 valence electrons. The van der Waals surface area contributed by atoms with E-state index in [-0.39, 0.29) is 0 Å². The SMILES string of the molecule is COc1ccc2c(c1)Cc1cc(N)c(SC)cc1-2. The second kappa shape index (κ2) is 4.25. The predicted molar refractivity (Wildman–Crippen MR) is 77.4 cm³/mol. The van der Waals surface area contributed by atoms with Crippen LogP contribution in [0.5, 0.6) is 5.75 Å². The molecule has 0 bridgehead atoms. The van der Waals surface area contributed by atoms with Crippen LogP contribution in [0.4, 0.5) is 5.69 Å². The Morgan fingerprint density at radius 1 is 1.11 bits per heavy atom. The quantitative estimate of drug-likeness (QED) is 0.563. The van der Waals surface area contributed by atoms with Gasteiger partial charge in [-0.2, -0.15) is 0 Å². The van der Waals surface area contributed by atoms with E-state index in [1.807, 2.05) is 6.07 Å². The number of nitrogens with two attached hydrogens (primary N) is 1. The molecule has 0 saturated carbocycles. The van der Waals surface area contributed by atoms with Crippen molar-refractivity contribution in [2.24, 2.45) is 0 Å². The molecule has 0 saturated heterocycles. The van der Waals surface area contributed by atoms with Crippen molar-refractivity contribution in [3.8, 4) is 16.9 Å². The maximum absolute atomic E-state index is 6.05.